The number of hydrogen-bond donors (Lipinski definition) is 1. The topological polar surface area (TPSA) is 67.9 Å². The number of para-hydroxylation sites is 1. The maximum Gasteiger partial charge on any atom is 0.508 e. The Labute approximate surface area is 105 Å². The zero-order valence-corrected chi connectivity index (χ0v) is 10.4. The molecule has 1 rings (SSSR count). The minimum absolute atomic E-state index is 0.0887. The van der Waals surface area contributed by atoms with E-state index in [0.717, 1.165) is 0 Å². The molecule has 2 amide bonds. The molecule has 0 aliphatic rings. The number of hydrogen-bond acceptors (Lipinski definition) is 4. The smallest absolute Gasteiger partial charge is 0.438 e. The van der Waals surface area contributed by atoms with Gasteiger partial charge in [-0.05, 0) is 12.1 Å². The van der Waals surface area contributed by atoms with Gasteiger partial charge >= 0.3 is 12.2 Å². The summed E-state index contributed by atoms with van der Waals surface area (Å²) in [4.78, 5) is 23.8. The number of amides is 2. The first kappa shape index (κ1) is 13.8. The molecule has 0 spiro atoms. The van der Waals surface area contributed by atoms with Gasteiger partial charge in [0.25, 0.3) is 0 Å². The van der Waals surface area contributed by atoms with Gasteiger partial charge < -0.3 is 19.7 Å². The van der Waals surface area contributed by atoms with Crippen LogP contribution in [0.1, 0.15) is 0 Å². The molecule has 0 fully saturated rings. The normalized spacial score (nSPS) is 9.44. The lowest BCUT2D eigenvalue weighted by molar-refractivity contribution is 0.0683. The number of benzene rings is 1. The summed E-state index contributed by atoms with van der Waals surface area (Å²) in [6.07, 6.45) is -0.758. The van der Waals surface area contributed by atoms with E-state index in [1.165, 1.54) is 12.0 Å². The first-order valence-corrected chi connectivity index (χ1v) is 5.41. The molecule has 0 aliphatic carbocycles. The van der Waals surface area contributed by atoms with Gasteiger partial charge in [-0.25, -0.2) is 9.59 Å². The largest absolute Gasteiger partial charge is 0.508 e. The van der Waals surface area contributed by atoms with E-state index in [4.69, 9.17) is 0 Å². The van der Waals surface area contributed by atoms with Crippen molar-refractivity contribution >= 4 is 17.9 Å². The molecule has 0 aromatic heterocycles. The van der Waals surface area contributed by atoms with Crippen molar-refractivity contribution in [1.29, 1.82) is 0 Å². The lowest BCUT2D eigenvalue weighted by Crippen LogP contribution is -2.34. The van der Waals surface area contributed by atoms with Crippen LogP contribution in [0.25, 0.3) is 0 Å². The average molecular weight is 252 g/mol. The monoisotopic (exact) mass is 252 g/mol. The number of rotatable bonds is 4. The highest BCUT2D eigenvalue weighted by molar-refractivity contribution is 5.89. The summed E-state index contributed by atoms with van der Waals surface area (Å²) < 4.78 is 8.99. The Bertz CT molecular complexity index is 394. The quantitative estimate of drug-likeness (QED) is 0.831. The summed E-state index contributed by atoms with van der Waals surface area (Å²) in [5, 5.41) is 2.71. The van der Waals surface area contributed by atoms with Crippen LogP contribution in [-0.4, -0.2) is 44.4 Å². The Morgan fingerprint density at radius 1 is 1.28 bits per heavy atom. The van der Waals surface area contributed by atoms with E-state index in [1.54, 1.807) is 19.2 Å². The van der Waals surface area contributed by atoms with Gasteiger partial charge in [0.2, 0.25) is 0 Å². The van der Waals surface area contributed by atoms with Crippen LogP contribution in [0, 0.1) is 0 Å². The van der Waals surface area contributed by atoms with Gasteiger partial charge in [-0.3, -0.25) is 0 Å². The Hall–Kier alpha value is -2.24. The van der Waals surface area contributed by atoms with Crippen molar-refractivity contribution in [2.75, 3.05) is 32.6 Å². The van der Waals surface area contributed by atoms with Crippen molar-refractivity contribution < 1.29 is 19.1 Å². The molecule has 0 heterocycles. The standard InChI is InChI=1S/C12H16N2O4/c1-14(8-9-18-12(16)17-2)11(15)13-10-6-4-3-5-7-10/h3-7H,8-9H2,1-2H3,(H,13,15). The Morgan fingerprint density at radius 3 is 2.56 bits per heavy atom. The Balaban J connectivity index is 2.31. The van der Waals surface area contributed by atoms with E-state index in [-0.39, 0.29) is 19.2 Å². The summed E-state index contributed by atoms with van der Waals surface area (Å²) in [5.74, 6) is 0. The molecule has 1 aromatic carbocycles. The number of carbonyl (C=O) groups is 2. The van der Waals surface area contributed by atoms with Crippen molar-refractivity contribution in [3.05, 3.63) is 30.3 Å². The number of nitrogens with zero attached hydrogens (tertiary/aromatic N) is 1. The number of carbonyl (C=O) groups excluding carboxylic acids is 2. The summed E-state index contributed by atoms with van der Waals surface area (Å²) in [6.45, 7) is 0.374. The molecule has 0 radical (unpaired) electrons. The molecule has 0 saturated heterocycles. The lowest BCUT2D eigenvalue weighted by atomic mass is 10.3. The van der Waals surface area contributed by atoms with Gasteiger partial charge in [0.1, 0.15) is 6.61 Å². The average Bonchev–Trinajstić information content (AvgIpc) is 2.39. The highest BCUT2D eigenvalue weighted by Gasteiger charge is 2.09. The second-order valence-electron chi connectivity index (χ2n) is 3.52. The van der Waals surface area contributed by atoms with Crippen LogP contribution in [0.15, 0.2) is 30.3 Å². The minimum atomic E-state index is -0.758. The van der Waals surface area contributed by atoms with E-state index < -0.39 is 6.16 Å². The summed E-state index contributed by atoms with van der Waals surface area (Å²) >= 11 is 0. The molecule has 98 valence electrons. The number of ether oxygens (including phenoxy) is 2. The number of methoxy groups -OCH3 is 1. The second-order valence-corrected chi connectivity index (χ2v) is 3.52. The molecule has 18 heavy (non-hydrogen) atoms. The highest BCUT2D eigenvalue weighted by Crippen LogP contribution is 2.05. The zero-order valence-electron chi connectivity index (χ0n) is 10.4. The van der Waals surface area contributed by atoms with Crippen LogP contribution < -0.4 is 5.32 Å². The van der Waals surface area contributed by atoms with Crippen LogP contribution in [0.3, 0.4) is 0 Å². The van der Waals surface area contributed by atoms with E-state index in [9.17, 15) is 9.59 Å². The third-order valence-electron chi connectivity index (χ3n) is 2.19. The molecule has 6 heteroatoms. The maximum absolute atomic E-state index is 11.7. The fourth-order valence-electron chi connectivity index (χ4n) is 1.17. The predicted octanol–water partition coefficient (Wildman–Crippen LogP) is 1.93. The van der Waals surface area contributed by atoms with Crippen LogP contribution in [0.4, 0.5) is 15.3 Å². The molecule has 0 atom stereocenters. The maximum atomic E-state index is 11.7. The summed E-state index contributed by atoms with van der Waals surface area (Å²) in [5.41, 5.74) is 0.711. The van der Waals surface area contributed by atoms with E-state index in [1.807, 2.05) is 18.2 Å². The molecule has 0 unspecified atom stereocenters. The fourth-order valence-corrected chi connectivity index (χ4v) is 1.17. The van der Waals surface area contributed by atoms with Gasteiger partial charge in [-0.2, -0.15) is 0 Å². The number of urea groups is 1. The molecular weight excluding hydrogens is 236 g/mol. The van der Waals surface area contributed by atoms with Crippen molar-refractivity contribution in [3.63, 3.8) is 0 Å². The fraction of sp³-hybridized carbons (Fsp3) is 0.333. The molecule has 6 nitrogen and oxygen atoms in total. The number of likely N-dealkylation sites (N-methyl/N-ethyl adjacent to an activating group) is 1. The molecular formula is C12H16N2O4. The minimum Gasteiger partial charge on any atom is -0.438 e. The first-order chi connectivity index (χ1) is 8.63. The third kappa shape index (κ3) is 4.73. The van der Waals surface area contributed by atoms with Gasteiger partial charge in [-0.15, -0.1) is 0 Å². The molecule has 1 N–H and O–H groups in total. The van der Waals surface area contributed by atoms with Crippen molar-refractivity contribution in [2.45, 2.75) is 0 Å². The summed E-state index contributed by atoms with van der Waals surface area (Å²) in [6, 6.07) is 8.83. The lowest BCUT2D eigenvalue weighted by Gasteiger charge is -2.17. The Morgan fingerprint density at radius 2 is 1.94 bits per heavy atom. The van der Waals surface area contributed by atoms with E-state index >= 15 is 0 Å². The van der Waals surface area contributed by atoms with Crippen LogP contribution in [0.2, 0.25) is 0 Å². The molecule has 1 aromatic rings. The summed E-state index contributed by atoms with van der Waals surface area (Å²) in [7, 11) is 2.84. The number of anilines is 1. The van der Waals surface area contributed by atoms with Crippen LogP contribution >= 0.6 is 0 Å². The van der Waals surface area contributed by atoms with Crippen LogP contribution in [0.5, 0.6) is 0 Å². The van der Waals surface area contributed by atoms with Gasteiger partial charge in [0.05, 0.1) is 13.7 Å². The second kappa shape index (κ2) is 7.16. The van der Waals surface area contributed by atoms with E-state index in [0.29, 0.717) is 5.69 Å². The van der Waals surface area contributed by atoms with Crippen molar-refractivity contribution in [3.8, 4) is 0 Å². The Kier molecular flexibility index (Phi) is 5.50. The van der Waals surface area contributed by atoms with Crippen LogP contribution in [-0.2, 0) is 9.47 Å². The van der Waals surface area contributed by atoms with Crippen molar-refractivity contribution in [1.82, 2.24) is 4.90 Å². The SMILES string of the molecule is COC(=O)OCCN(C)C(=O)Nc1ccccc1. The van der Waals surface area contributed by atoms with E-state index in [2.05, 4.69) is 14.8 Å². The zero-order chi connectivity index (χ0) is 13.4. The first-order valence-electron chi connectivity index (χ1n) is 5.41. The molecule has 0 saturated carbocycles. The highest BCUT2D eigenvalue weighted by atomic mass is 16.7. The third-order valence-corrected chi connectivity index (χ3v) is 2.19. The van der Waals surface area contributed by atoms with Crippen molar-refractivity contribution in [2.24, 2.45) is 0 Å². The predicted molar refractivity (Wildman–Crippen MR) is 66.4 cm³/mol. The molecule has 0 aliphatic heterocycles. The van der Waals surface area contributed by atoms with Gasteiger partial charge in [0.15, 0.2) is 0 Å². The van der Waals surface area contributed by atoms with Gasteiger partial charge in [0, 0.05) is 12.7 Å². The molecule has 0 bridgehead atoms. The van der Waals surface area contributed by atoms with Gasteiger partial charge in [-0.1, -0.05) is 18.2 Å². The number of nitrogens with one attached hydrogen (secondary N) is 1.